The Kier molecular flexibility index (Phi) is 4.51. The van der Waals surface area contributed by atoms with Crippen LogP contribution < -0.4 is 10.1 Å². The Balaban J connectivity index is 2.35. The molecule has 1 N–H and O–H groups in total. The number of benzene rings is 1. The number of thiophene rings is 1. The molecule has 0 radical (unpaired) electrons. The third-order valence-electron chi connectivity index (χ3n) is 2.73. The van der Waals surface area contributed by atoms with E-state index in [0.717, 1.165) is 21.2 Å². The summed E-state index contributed by atoms with van der Waals surface area (Å²) in [6, 6.07) is 9.83. The number of nitrogens with one attached hydrogen (secondary N) is 1. The van der Waals surface area contributed by atoms with Crippen LogP contribution in [0.1, 0.15) is 17.2 Å². The molecule has 96 valence electrons. The molecule has 5 heteroatoms. The van der Waals surface area contributed by atoms with Gasteiger partial charge in [0.2, 0.25) is 0 Å². The van der Waals surface area contributed by atoms with Gasteiger partial charge in [-0.05, 0) is 30.8 Å². The van der Waals surface area contributed by atoms with Crippen LogP contribution in [0.2, 0.25) is 8.67 Å². The van der Waals surface area contributed by atoms with Gasteiger partial charge in [0.1, 0.15) is 5.75 Å². The lowest BCUT2D eigenvalue weighted by Crippen LogP contribution is -2.17. The van der Waals surface area contributed by atoms with Crippen LogP contribution in [0, 0.1) is 0 Å². The molecule has 0 saturated heterocycles. The highest BCUT2D eigenvalue weighted by molar-refractivity contribution is 7.20. The minimum Gasteiger partial charge on any atom is -0.497 e. The Morgan fingerprint density at radius 1 is 1.22 bits per heavy atom. The van der Waals surface area contributed by atoms with E-state index in [1.807, 2.05) is 37.4 Å². The zero-order valence-corrected chi connectivity index (χ0v) is 12.4. The highest BCUT2D eigenvalue weighted by Gasteiger charge is 2.17. The minimum absolute atomic E-state index is 0.0344. The predicted octanol–water partition coefficient (Wildman–Crippen LogP) is 4.37. The molecular formula is C13H13Cl2NOS. The van der Waals surface area contributed by atoms with Gasteiger partial charge in [-0.2, -0.15) is 0 Å². The monoisotopic (exact) mass is 301 g/mol. The topological polar surface area (TPSA) is 21.3 Å². The third-order valence-corrected chi connectivity index (χ3v) is 4.25. The van der Waals surface area contributed by atoms with Crippen molar-refractivity contribution < 1.29 is 4.74 Å². The Hall–Kier alpha value is -0.740. The van der Waals surface area contributed by atoms with Crippen molar-refractivity contribution in [1.82, 2.24) is 5.32 Å². The Bertz CT molecular complexity index is 524. The summed E-state index contributed by atoms with van der Waals surface area (Å²) in [5.41, 5.74) is 2.12. The van der Waals surface area contributed by atoms with Crippen LogP contribution in [0.5, 0.6) is 5.75 Å². The predicted molar refractivity (Wildman–Crippen MR) is 78.2 cm³/mol. The average molecular weight is 302 g/mol. The lowest BCUT2D eigenvalue weighted by Gasteiger charge is -2.16. The van der Waals surface area contributed by atoms with Crippen molar-refractivity contribution in [3.8, 4) is 5.75 Å². The van der Waals surface area contributed by atoms with Crippen molar-refractivity contribution in [2.45, 2.75) is 6.04 Å². The second kappa shape index (κ2) is 5.93. The van der Waals surface area contributed by atoms with E-state index in [0.29, 0.717) is 4.34 Å². The molecule has 1 heterocycles. The summed E-state index contributed by atoms with van der Waals surface area (Å²) >= 11 is 13.6. The molecule has 2 rings (SSSR count). The molecule has 0 aliphatic carbocycles. The molecule has 0 bridgehead atoms. The molecular weight excluding hydrogens is 289 g/mol. The van der Waals surface area contributed by atoms with E-state index < -0.39 is 0 Å². The summed E-state index contributed by atoms with van der Waals surface area (Å²) in [7, 11) is 3.55. The quantitative estimate of drug-likeness (QED) is 0.905. The first-order valence-electron chi connectivity index (χ1n) is 5.41. The summed E-state index contributed by atoms with van der Waals surface area (Å²) in [6.07, 6.45) is 0. The van der Waals surface area contributed by atoms with Crippen molar-refractivity contribution in [2.75, 3.05) is 14.2 Å². The molecule has 1 aromatic carbocycles. The van der Waals surface area contributed by atoms with E-state index in [-0.39, 0.29) is 6.04 Å². The highest BCUT2D eigenvalue weighted by Crippen LogP contribution is 2.37. The molecule has 1 atom stereocenters. The normalized spacial score (nSPS) is 12.4. The van der Waals surface area contributed by atoms with Crippen LogP contribution in [0.4, 0.5) is 0 Å². The van der Waals surface area contributed by atoms with Gasteiger partial charge in [0, 0.05) is 5.56 Å². The molecule has 18 heavy (non-hydrogen) atoms. The fraction of sp³-hybridized carbons (Fsp3) is 0.231. The smallest absolute Gasteiger partial charge is 0.118 e. The highest BCUT2D eigenvalue weighted by atomic mass is 35.5. The maximum atomic E-state index is 6.20. The van der Waals surface area contributed by atoms with E-state index >= 15 is 0 Å². The molecule has 0 spiro atoms. The molecule has 0 aliphatic rings. The van der Waals surface area contributed by atoms with Gasteiger partial charge < -0.3 is 10.1 Å². The number of hydrogen-bond acceptors (Lipinski definition) is 3. The summed E-state index contributed by atoms with van der Waals surface area (Å²) < 4.78 is 6.57. The van der Waals surface area contributed by atoms with E-state index in [9.17, 15) is 0 Å². The van der Waals surface area contributed by atoms with Gasteiger partial charge in [0.05, 0.1) is 21.8 Å². The van der Waals surface area contributed by atoms with Gasteiger partial charge >= 0.3 is 0 Å². The summed E-state index contributed by atoms with van der Waals surface area (Å²) in [5, 5.41) is 3.25. The number of ether oxygens (including phenoxy) is 1. The molecule has 2 aromatic rings. The Labute approximate surface area is 120 Å². The first-order valence-corrected chi connectivity index (χ1v) is 6.99. The third kappa shape index (κ3) is 2.81. The SMILES string of the molecule is CNC(c1ccc(OC)cc1)c1cc(Cl)sc1Cl. The van der Waals surface area contributed by atoms with Crippen LogP contribution in [0.3, 0.4) is 0 Å². The van der Waals surface area contributed by atoms with E-state index in [1.54, 1.807) is 7.11 Å². The van der Waals surface area contributed by atoms with Gasteiger partial charge in [-0.1, -0.05) is 35.3 Å². The van der Waals surface area contributed by atoms with Crippen molar-refractivity contribution in [3.05, 3.63) is 50.1 Å². The number of methoxy groups -OCH3 is 1. The van der Waals surface area contributed by atoms with Gasteiger partial charge in [0.25, 0.3) is 0 Å². The number of hydrogen-bond donors (Lipinski definition) is 1. The Morgan fingerprint density at radius 3 is 2.33 bits per heavy atom. The van der Waals surface area contributed by atoms with E-state index in [2.05, 4.69) is 5.32 Å². The van der Waals surface area contributed by atoms with Gasteiger partial charge in [-0.25, -0.2) is 0 Å². The lowest BCUT2D eigenvalue weighted by molar-refractivity contribution is 0.414. The van der Waals surface area contributed by atoms with Crippen molar-refractivity contribution >= 4 is 34.5 Å². The fourth-order valence-corrected chi connectivity index (χ4v) is 3.38. The maximum absolute atomic E-state index is 6.20. The van der Waals surface area contributed by atoms with Crippen LogP contribution in [-0.2, 0) is 0 Å². The second-order valence-corrected chi connectivity index (χ2v) is 6.06. The molecule has 0 fully saturated rings. The summed E-state index contributed by atoms with van der Waals surface area (Å²) in [6.45, 7) is 0. The first-order chi connectivity index (χ1) is 8.65. The van der Waals surface area contributed by atoms with Gasteiger partial charge in [-0.15, -0.1) is 11.3 Å². The molecule has 1 aromatic heterocycles. The first kappa shape index (κ1) is 13.7. The van der Waals surface area contributed by atoms with E-state index in [1.165, 1.54) is 11.3 Å². The average Bonchev–Trinajstić information content (AvgIpc) is 2.70. The van der Waals surface area contributed by atoms with Crippen molar-refractivity contribution in [3.63, 3.8) is 0 Å². The summed E-state index contributed by atoms with van der Waals surface area (Å²) in [4.78, 5) is 0. The molecule has 0 aliphatic heterocycles. The molecule has 1 unspecified atom stereocenters. The zero-order valence-electron chi connectivity index (χ0n) is 10.0. The lowest BCUT2D eigenvalue weighted by atomic mass is 10.0. The number of halogens is 2. The molecule has 0 saturated carbocycles. The minimum atomic E-state index is 0.0344. The van der Waals surface area contributed by atoms with Gasteiger partial charge in [-0.3, -0.25) is 0 Å². The van der Waals surface area contributed by atoms with Crippen molar-refractivity contribution in [2.24, 2.45) is 0 Å². The largest absolute Gasteiger partial charge is 0.497 e. The van der Waals surface area contributed by atoms with E-state index in [4.69, 9.17) is 27.9 Å². The maximum Gasteiger partial charge on any atom is 0.118 e. The van der Waals surface area contributed by atoms with Crippen LogP contribution in [0.15, 0.2) is 30.3 Å². The second-order valence-electron chi connectivity index (χ2n) is 3.77. The van der Waals surface area contributed by atoms with Gasteiger partial charge in [0.15, 0.2) is 0 Å². The number of rotatable bonds is 4. The zero-order chi connectivity index (χ0) is 13.1. The molecule has 0 amide bonds. The Morgan fingerprint density at radius 2 is 1.89 bits per heavy atom. The van der Waals surface area contributed by atoms with Crippen LogP contribution >= 0.6 is 34.5 Å². The fourth-order valence-electron chi connectivity index (χ4n) is 1.85. The van der Waals surface area contributed by atoms with Crippen molar-refractivity contribution in [1.29, 1.82) is 0 Å². The molecule has 2 nitrogen and oxygen atoms in total. The van der Waals surface area contributed by atoms with Crippen LogP contribution in [0.25, 0.3) is 0 Å². The van der Waals surface area contributed by atoms with Crippen LogP contribution in [-0.4, -0.2) is 14.2 Å². The summed E-state index contributed by atoms with van der Waals surface area (Å²) in [5.74, 6) is 0.836. The standard InChI is InChI=1S/C13H13Cl2NOS/c1-16-12(10-7-11(14)18-13(10)15)8-3-5-9(17-2)6-4-8/h3-7,12,16H,1-2H3.